The Morgan fingerprint density at radius 2 is 2.35 bits per heavy atom. The molecule has 1 N–H and O–H groups in total. The lowest BCUT2D eigenvalue weighted by Gasteiger charge is -2.27. The van der Waals surface area contributed by atoms with Crippen molar-refractivity contribution in [2.45, 2.75) is 13.0 Å². The Morgan fingerprint density at radius 1 is 1.53 bits per heavy atom. The van der Waals surface area contributed by atoms with Gasteiger partial charge in [-0.1, -0.05) is 6.07 Å². The summed E-state index contributed by atoms with van der Waals surface area (Å²) in [7, 11) is 0. The number of hydrogen-bond donors (Lipinski definition) is 1. The minimum Gasteiger partial charge on any atom is -0.338 e. The molecule has 1 aliphatic heterocycles. The van der Waals surface area contributed by atoms with E-state index in [1.54, 1.807) is 17.0 Å². The standard InChI is InChI=1S/C12H12FN3O/c13-11-6-9(7-14)2-3-10(11)8-16-5-1-4-15-12(16)17/h2-3,6H,1,4-5,8H2,(H,15,17). The highest BCUT2D eigenvalue weighted by Gasteiger charge is 2.18. The van der Waals surface area contributed by atoms with Crippen molar-refractivity contribution >= 4 is 6.03 Å². The summed E-state index contributed by atoms with van der Waals surface area (Å²) >= 11 is 0. The highest BCUT2D eigenvalue weighted by Crippen LogP contribution is 2.14. The van der Waals surface area contributed by atoms with Crippen molar-refractivity contribution in [2.24, 2.45) is 0 Å². The zero-order valence-corrected chi connectivity index (χ0v) is 9.24. The molecule has 17 heavy (non-hydrogen) atoms. The number of carbonyl (C=O) groups excluding carboxylic acids is 1. The molecule has 0 spiro atoms. The fraction of sp³-hybridized carbons (Fsp3) is 0.333. The average Bonchev–Trinajstić information content (AvgIpc) is 2.34. The Labute approximate surface area is 98.6 Å². The zero-order chi connectivity index (χ0) is 12.3. The van der Waals surface area contributed by atoms with E-state index in [1.165, 1.54) is 6.07 Å². The maximum Gasteiger partial charge on any atom is 0.317 e. The first-order valence-electron chi connectivity index (χ1n) is 5.42. The minimum atomic E-state index is -0.442. The Morgan fingerprint density at radius 3 is 3.00 bits per heavy atom. The molecule has 0 saturated carbocycles. The lowest BCUT2D eigenvalue weighted by atomic mass is 10.1. The lowest BCUT2D eigenvalue weighted by molar-refractivity contribution is 0.182. The van der Waals surface area contributed by atoms with Gasteiger partial charge in [-0.05, 0) is 18.6 Å². The summed E-state index contributed by atoms with van der Waals surface area (Å²) in [5, 5.41) is 11.3. The summed E-state index contributed by atoms with van der Waals surface area (Å²) in [5.41, 5.74) is 0.718. The van der Waals surface area contributed by atoms with E-state index in [0.29, 0.717) is 18.7 Å². The molecule has 1 fully saturated rings. The van der Waals surface area contributed by atoms with Crippen molar-refractivity contribution < 1.29 is 9.18 Å². The van der Waals surface area contributed by atoms with E-state index in [2.05, 4.69) is 5.32 Å². The van der Waals surface area contributed by atoms with E-state index in [0.717, 1.165) is 6.42 Å². The normalized spacial score (nSPS) is 15.3. The third-order valence-corrected chi connectivity index (χ3v) is 2.71. The summed E-state index contributed by atoms with van der Waals surface area (Å²) in [6, 6.07) is 6.01. The van der Waals surface area contributed by atoms with E-state index < -0.39 is 5.82 Å². The molecular weight excluding hydrogens is 221 g/mol. The number of urea groups is 1. The molecular formula is C12H12FN3O. The number of halogens is 1. The van der Waals surface area contributed by atoms with Gasteiger partial charge in [0.1, 0.15) is 5.82 Å². The van der Waals surface area contributed by atoms with E-state index in [4.69, 9.17) is 5.26 Å². The van der Waals surface area contributed by atoms with Gasteiger partial charge in [-0.3, -0.25) is 0 Å². The third-order valence-electron chi connectivity index (χ3n) is 2.71. The first-order valence-corrected chi connectivity index (χ1v) is 5.42. The van der Waals surface area contributed by atoms with Crippen LogP contribution in [0.25, 0.3) is 0 Å². The summed E-state index contributed by atoms with van der Waals surface area (Å²) in [5.74, 6) is -0.442. The van der Waals surface area contributed by atoms with Crippen molar-refractivity contribution in [2.75, 3.05) is 13.1 Å². The van der Waals surface area contributed by atoms with Crippen LogP contribution in [0.1, 0.15) is 17.5 Å². The van der Waals surface area contributed by atoms with Crippen molar-refractivity contribution in [3.63, 3.8) is 0 Å². The molecule has 1 aliphatic rings. The SMILES string of the molecule is N#Cc1ccc(CN2CCCNC2=O)c(F)c1. The summed E-state index contributed by atoms with van der Waals surface area (Å²) in [6.07, 6.45) is 0.865. The van der Waals surface area contributed by atoms with Gasteiger partial charge in [0.05, 0.1) is 18.2 Å². The fourth-order valence-corrected chi connectivity index (χ4v) is 1.78. The second-order valence-corrected chi connectivity index (χ2v) is 3.93. The highest BCUT2D eigenvalue weighted by molar-refractivity contribution is 5.74. The average molecular weight is 233 g/mol. The van der Waals surface area contributed by atoms with Crippen LogP contribution in [-0.2, 0) is 6.54 Å². The Kier molecular flexibility index (Phi) is 3.24. The van der Waals surface area contributed by atoms with Gasteiger partial charge in [0.2, 0.25) is 0 Å². The second kappa shape index (κ2) is 4.83. The second-order valence-electron chi connectivity index (χ2n) is 3.93. The zero-order valence-electron chi connectivity index (χ0n) is 9.24. The number of rotatable bonds is 2. The molecule has 0 unspecified atom stereocenters. The summed E-state index contributed by atoms with van der Waals surface area (Å²) < 4.78 is 13.6. The van der Waals surface area contributed by atoms with Crippen molar-refractivity contribution in [1.82, 2.24) is 10.2 Å². The Bertz CT molecular complexity index is 481. The van der Waals surface area contributed by atoms with Gasteiger partial charge in [-0.2, -0.15) is 5.26 Å². The topological polar surface area (TPSA) is 56.1 Å². The van der Waals surface area contributed by atoms with Gasteiger partial charge in [0.15, 0.2) is 0 Å². The van der Waals surface area contributed by atoms with Crippen LogP contribution in [0.3, 0.4) is 0 Å². The molecule has 0 bridgehead atoms. The molecule has 4 nitrogen and oxygen atoms in total. The molecule has 0 radical (unpaired) electrons. The largest absolute Gasteiger partial charge is 0.338 e. The van der Waals surface area contributed by atoms with Crippen LogP contribution >= 0.6 is 0 Å². The molecule has 5 heteroatoms. The molecule has 2 rings (SSSR count). The number of nitrogens with one attached hydrogen (secondary N) is 1. The van der Waals surface area contributed by atoms with Crippen LogP contribution in [0.2, 0.25) is 0 Å². The number of carbonyl (C=O) groups is 1. The van der Waals surface area contributed by atoms with Crippen LogP contribution in [0.4, 0.5) is 9.18 Å². The summed E-state index contributed by atoms with van der Waals surface area (Å²) in [4.78, 5) is 13.0. The van der Waals surface area contributed by atoms with Crippen LogP contribution < -0.4 is 5.32 Å². The van der Waals surface area contributed by atoms with Gasteiger partial charge in [0.25, 0.3) is 0 Å². The predicted molar refractivity (Wildman–Crippen MR) is 59.5 cm³/mol. The van der Waals surface area contributed by atoms with Crippen molar-refractivity contribution in [3.8, 4) is 6.07 Å². The number of amides is 2. The van der Waals surface area contributed by atoms with Crippen LogP contribution in [0.15, 0.2) is 18.2 Å². The van der Waals surface area contributed by atoms with E-state index in [9.17, 15) is 9.18 Å². The predicted octanol–water partition coefficient (Wildman–Crippen LogP) is 1.61. The van der Waals surface area contributed by atoms with Crippen molar-refractivity contribution in [3.05, 3.63) is 35.1 Å². The monoisotopic (exact) mass is 233 g/mol. The van der Waals surface area contributed by atoms with Crippen LogP contribution in [-0.4, -0.2) is 24.0 Å². The van der Waals surface area contributed by atoms with Gasteiger partial charge < -0.3 is 10.2 Å². The number of benzene rings is 1. The van der Waals surface area contributed by atoms with Gasteiger partial charge in [-0.25, -0.2) is 9.18 Å². The smallest absolute Gasteiger partial charge is 0.317 e. The van der Waals surface area contributed by atoms with Gasteiger partial charge in [0, 0.05) is 18.7 Å². The molecule has 0 aromatic heterocycles. The van der Waals surface area contributed by atoms with E-state index in [-0.39, 0.29) is 18.1 Å². The van der Waals surface area contributed by atoms with E-state index >= 15 is 0 Å². The first kappa shape index (κ1) is 11.4. The highest BCUT2D eigenvalue weighted by atomic mass is 19.1. The Hall–Kier alpha value is -2.09. The molecule has 1 saturated heterocycles. The number of nitrogens with zero attached hydrogens (tertiary/aromatic N) is 2. The molecule has 1 heterocycles. The maximum absolute atomic E-state index is 13.6. The fourth-order valence-electron chi connectivity index (χ4n) is 1.78. The van der Waals surface area contributed by atoms with Gasteiger partial charge >= 0.3 is 6.03 Å². The van der Waals surface area contributed by atoms with Crippen LogP contribution in [0.5, 0.6) is 0 Å². The molecule has 0 atom stereocenters. The number of hydrogen-bond acceptors (Lipinski definition) is 2. The molecule has 2 amide bonds. The minimum absolute atomic E-state index is 0.167. The third kappa shape index (κ3) is 2.53. The quantitative estimate of drug-likeness (QED) is 0.843. The molecule has 1 aromatic carbocycles. The maximum atomic E-state index is 13.6. The number of nitriles is 1. The molecule has 88 valence electrons. The summed E-state index contributed by atoms with van der Waals surface area (Å²) in [6.45, 7) is 1.54. The Balaban J connectivity index is 2.13. The van der Waals surface area contributed by atoms with Crippen LogP contribution in [0, 0.1) is 17.1 Å². The molecule has 0 aliphatic carbocycles. The van der Waals surface area contributed by atoms with E-state index in [1.807, 2.05) is 6.07 Å². The molecule has 1 aromatic rings. The first-order chi connectivity index (χ1) is 8.20. The van der Waals surface area contributed by atoms with Gasteiger partial charge in [-0.15, -0.1) is 0 Å². The van der Waals surface area contributed by atoms with Crippen molar-refractivity contribution in [1.29, 1.82) is 5.26 Å². The lowest BCUT2D eigenvalue weighted by Crippen LogP contribution is -2.45.